The Morgan fingerprint density at radius 1 is 1.32 bits per heavy atom. The fourth-order valence-electron chi connectivity index (χ4n) is 1.66. The quantitative estimate of drug-likeness (QED) is 0.845. The molecule has 1 heterocycles. The Hall–Kier alpha value is -1.47. The minimum atomic E-state index is -3.64. The molecule has 0 aliphatic heterocycles. The summed E-state index contributed by atoms with van der Waals surface area (Å²) in [5.41, 5.74) is 6.72. The lowest BCUT2D eigenvalue weighted by atomic mass is 10.2. The Morgan fingerprint density at radius 3 is 2.53 bits per heavy atom. The van der Waals surface area contributed by atoms with E-state index in [1.54, 1.807) is 24.3 Å². The summed E-state index contributed by atoms with van der Waals surface area (Å²) in [5, 5.41) is 6.90. The van der Waals surface area contributed by atoms with E-state index < -0.39 is 9.84 Å². The summed E-state index contributed by atoms with van der Waals surface area (Å²) in [7, 11) is -3.64. The number of benzene rings is 1. The van der Waals surface area contributed by atoms with Gasteiger partial charge in [0.1, 0.15) is 15.7 Å². The zero-order valence-corrected chi connectivity index (χ0v) is 12.3. The lowest BCUT2D eigenvalue weighted by Crippen LogP contribution is -2.05. The van der Waals surface area contributed by atoms with E-state index >= 15 is 0 Å². The van der Waals surface area contributed by atoms with E-state index in [1.807, 2.05) is 13.8 Å². The summed E-state index contributed by atoms with van der Waals surface area (Å²) in [5.74, 6) is 0.803. The van der Waals surface area contributed by atoms with Crippen LogP contribution in [-0.2, 0) is 9.84 Å². The lowest BCUT2D eigenvalue weighted by Gasteiger charge is -2.05. The van der Waals surface area contributed by atoms with E-state index in [4.69, 9.17) is 5.73 Å². The number of nitrogen functional groups attached to an aromatic ring is 1. The van der Waals surface area contributed by atoms with Crippen molar-refractivity contribution in [2.45, 2.75) is 28.7 Å². The van der Waals surface area contributed by atoms with E-state index in [0.717, 1.165) is 11.3 Å². The van der Waals surface area contributed by atoms with Gasteiger partial charge < -0.3 is 5.73 Å². The predicted molar refractivity (Wildman–Crippen MR) is 76.0 cm³/mol. The predicted octanol–water partition coefficient (Wildman–Crippen LogP) is 2.25. The van der Waals surface area contributed by atoms with Crippen LogP contribution < -0.4 is 5.73 Å². The molecule has 0 bridgehead atoms. The molecular formula is C12H15N3O2S2. The first-order valence-electron chi connectivity index (χ1n) is 5.75. The van der Waals surface area contributed by atoms with Crippen molar-refractivity contribution >= 4 is 27.4 Å². The van der Waals surface area contributed by atoms with Gasteiger partial charge in [-0.1, -0.05) is 24.6 Å². The molecule has 2 aromatic rings. The van der Waals surface area contributed by atoms with Crippen molar-refractivity contribution in [2.75, 3.05) is 11.5 Å². The van der Waals surface area contributed by atoms with Gasteiger partial charge in [0.25, 0.3) is 0 Å². The van der Waals surface area contributed by atoms with Crippen LogP contribution in [0.3, 0.4) is 0 Å². The summed E-state index contributed by atoms with van der Waals surface area (Å²) in [6.45, 7) is 3.83. The van der Waals surface area contributed by atoms with Crippen molar-refractivity contribution in [3.8, 4) is 0 Å². The van der Waals surface area contributed by atoms with Crippen LogP contribution in [0, 0.1) is 6.92 Å². The molecule has 0 saturated carbocycles. The zero-order chi connectivity index (χ0) is 14.0. The van der Waals surface area contributed by atoms with Crippen LogP contribution in [0.15, 0.2) is 39.1 Å². The molecule has 19 heavy (non-hydrogen) atoms. The maximum absolute atomic E-state index is 12.6. The summed E-state index contributed by atoms with van der Waals surface area (Å²) in [6, 6.07) is 6.68. The molecule has 0 atom stereocenters. The molecule has 0 fully saturated rings. The van der Waals surface area contributed by atoms with Crippen molar-refractivity contribution in [1.29, 1.82) is 0 Å². The number of aryl methyl sites for hydroxylation is 1. The molecule has 0 amide bonds. The number of hydrogen-bond acceptors (Lipinski definition) is 5. The number of rotatable bonds is 4. The summed E-state index contributed by atoms with van der Waals surface area (Å²) in [6.07, 6.45) is 0. The maximum atomic E-state index is 12.6. The van der Waals surface area contributed by atoms with Crippen LogP contribution in [0.25, 0.3) is 0 Å². The van der Waals surface area contributed by atoms with Crippen LogP contribution in [0.5, 0.6) is 0 Å². The maximum Gasteiger partial charge on any atom is 0.212 e. The minimum Gasteiger partial charge on any atom is -0.383 e. The smallest absolute Gasteiger partial charge is 0.212 e. The Balaban J connectivity index is 2.56. The molecule has 0 aliphatic rings. The van der Waals surface area contributed by atoms with Crippen LogP contribution in [-0.4, -0.2) is 24.4 Å². The molecule has 3 N–H and O–H groups in total. The van der Waals surface area contributed by atoms with E-state index in [9.17, 15) is 8.42 Å². The van der Waals surface area contributed by atoms with Gasteiger partial charge in [0.2, 0.25) is 9.84 Å². The van der Waals surface area contributed by atoms with Gasteiger partial charge in [-0.25, -0.2) is 8.42 Å². The second-order valence-electron chi connectivity index (χ2n) is 4.02. The highest BCUT2D eigenvalue weighted by atomic mass is 32.2. The molecule has 0 unspecified atom stereocenters. The number of sulfone groups is 1. The third-order valence-corrected chi connectivity index (χ3v) is 5.43. The number of hydrogen-bond donors (Lipinski definition) is 2. The SMILES string of the molecule is CCSc1n[nH]c(N)c1S(=O)(=O)c1ccc(C)cc1. The molecule has 0 radical (unpaired) electrons. The third kappa shape index (κ3) is 2.62. The van der Waals surface area contributed by atoms with E-state index in [-0.39, 0.29) is 15.6 Å². The van der Waals surface area contributed by atoms with Gasteiger partial charge in [-0.3, -0.25) is 5.10 Å². The van der Waals surface area contributed by atoms with Gasteiger partial charge in [-0.2, -0.15) is 5.10 Å². The van der Waals surface area contributed by atoms with Gasteiger partial charge >= 0.3 is 0 Å². The van der Waals surface area contributed by atoms with E-state index in [0.29, 0.717) is 5.03 Å². The number of H-pyrrole nitrogens is 1. The van der Waals surface area contributed by atoms with Crippen molar-refractivity contribution in [1.82, 2.24) is 10.2 Å². The monoisotopic (exact) mass is 297 g/mol. The molecule has 1 aromatic heterocycles. The highest BCUT2D eigenvalue weighted by Gasteiger charge is 2.27. The number of anilines is 1. The lowest BCUT2D eigenvalue weighted by molar-refractivity contribution is 0.594. The summed E-state index contributed by atoms with van der Waals surface area (Å²) >= 11 is 1.35. The normalized spacial score (nSPS) is 11.7. The fraction of sp³-hybridized carbons (Fsp3) is 0.250. The fourth-order valence-corrected chi connectivity index (χ4v) is 4.13. The average molecular weight is 297 g/mol. The molecule has 102 valence electrons. The number of nitrogens with one attached hydrogen (secondary N) is 1. The molecule has 7 heteroatoms. The number of thioether (sulfide) groups is 1. The standard InChI is InChI=1S/C12H15N3O2S2/c1-3-18-12-10(11(13)14-15-12)19(16,17)9-6-4-8(2)5-7-9/h4-7H,3H2,1-2H3,(H3,13,14,15). The van der Waals surface area contributed by atoms with E-state index in [1.165, 1.54) is 11.8 Å². The topological polar surface area (TPSA) is 88.8 Å². The number of aromatic amines is 1. The van der Waals surface area contributed by atoms with Crippen molar-refractivity contribution in [3.63, 3.8) is 0 Å². The van der Waals surface area contributed by atoms with Gasteiger partial charge in [-0.05, 0) is 24.8 Å². The Bertz CT molecular complexity index is 676. The molecular weight excluding hydrogens is 282 g/mol. The van der Waals surface area contributed by atoms with Crippen LogP contribution in [0.4, 0.5) is 5.82 Å². The second-order valence-corrected chi connectivity index (χ2v) is 7.16. The van der Waals surface area contributed by atoms with Crippen LogP contribution in [0.1, 0.15) is 12.5 Å². The number of nitrogens with zero attached hydrogens (tertiary/aromatic N) is 1. The minimum absolute atomic E-state index is 0.0724. The Labute approximate surface area is 116 Å². The van der Waals surface area contributed by atoms with Crippen molar-refractivity contribution in [3.05, 3.63) is 29.8 Å². The average Bonchev–Trinajstić information content (AvgIpc) is 2.72. The molecule has 2 rings (SSSR count). The van der Waals surface area contributed by atoms with Crippen LogP contribution in [0.2, 0.25) is 0 Å². The van der Waals surface area contributed by atoms with Gasteiger partial charge in [0, 0.05) is 0 Å². The van der Waals surface area contributed by atoms with Crippen LogP contribution >= 0.6 is 11.8 Å². The first-order valence-corrected chi connectivity index (χ1v) is 8.22. The summed E-state index contributed by atoms with van der Waals surface area (Å²) < 4.78 is 25.1. The van der Waals surface area contributed by atoms with Gasteiger partial charge in [0.05, 0.1) is 4.90 Å². The van der Waals surface area contributed by atoms with Gasteiger partial charge in [-0.15, -0.1) is 11.8 Å². The Morgan fingerprint density at radius 2 is 1.95 bits per heavy atom. The summed E-state index contributed by atoms with van der Waals surface area (Å²) in [4.78, 5) is 0.298. The molecule has 1 aromatic carbocycles. The number of aromatic nitrogens is 2. The van der Waals surface area contributed by atoms with Gasteiger partial charge in [0.15, 0.2) is 0 Å². The molecule has 0 spiro atoms. The largest absolute Gasteiger partial charge is 0.383 e. The number of nitrogens with two attached hydrogens (primary N) is 1. The highest BCUT2D eigenvalue weighted by Crippen LogP contribution is 2.33. The highest BCUT2D eigenvalue weighted by molar-refractivity contribution is 8.00. The Kier molecular flexibility index (Phi) is 3.86. The van der Waals surface area contributed by atoms with Crippen molar-refractivity contribution in [2.24, 2.45) is 0 Å². The second kappa shape index (κ2) is 5.26. The first-order chi connectivity index (χ1) is 8.96. The molecule has 0 saturated heterocycles. The molecule has 0 aliphatic carbocycles. The third-order valence-electron chi connectivity index (χ3n) is 2.60. The first kappa shape index (κ1) is 14.0. The molecule has 5 nitrogen and oxygen atoms in total. The van der Waals surface area contributed by atoms with E-state index in [2.05, 4.69) is 10.2 Å². The van der Waals surface area contributed by atoms with Crippen molar-refractivity contribution < 1.29 is 8.42 Å². The zero-order valence-electron chi connectivity index (χ0n) is 10.7.